The summed E-state index contributed by atoms with van der Waals surface area (Å²) in [5, 5.41) is 0. The Balaban J connectivity index is 4.30. The summed E-state index contributed by atoms with van der Waals surface area (Å²) in [7, 11) is 0. The molecule has 58 heavy (non-hydrogen) atoms. The quantitative estimate of drug-likeness (QED) is 0.0352. The second kappa shape index (κ2) is 47.4. The molecular formula is C53H82O5. The lowest BCUT2D eigenvalue weighted by molar-refractivity contribution is -0.162. The van der Waals surface area contributed by atoms with Gasteiger partial charge in [-0.3, -0.25) is 9.59 Å². The van der Waals surface area contributed by atoms with Crippen molar-refractivity contribution in [1.82, 2.24) is 0 Å². The number of carbonyl (C=O) groups excluding carboxylic acids is 2. The molecule has 0 rings (SSSR count). The average molecular weight is 799 g/mol. The Labute approximate surface area is 356 Å². The molecule has 0 aromatic heterocycles. The average Bonchev–Trinajstić information content (AvgIpc) is 3.22. The van der Waals surface area contributed by atoms with Gasteiger partial charge in [0.05, 0.1) is 6.61 Å². The monoisotopic (exact) mass is 799 g/mol. The van der Waals surface area contributed by atoms with Crippen LogP contribution in [0.3, 0.4) is 0 Å². The standard InChI is InChI=1S/C53H82O5/c1-4-7-10-13-15-17-19-21-23-25-27-28-30-32-34-36-38-41-43-46-52(54)57-50-51(58-53(55)47-44-40-12-9-6-3)49-56-48-45-42-39-37-35-33-31-29-26-24-22-20-18-16-14-11-8-5-2/h7-8,10-11,15-18,21-24,27-29,31-32,34-35,37-38,41,51H,4-6,9,12-14,19-20,25-26,30,33,36,39-40,42-50H2,1-3H3/b10-7-,11-8-,17-15-,18-16-,23-21-,24-22-,28-27-,31-29-,34-32-,37-35-,41-38-. The number of esters is 2. The van der Waals surface area contributed by atoms with Crippen LogP contribution in [0.1, 0.15) is 162 Å². The third kappa shape index (κ3) is 44.8. The van der Waals surface area contributed by atoms with Crippen LogP contribution in [0, 0.1) is 0 Å². The van der Waals surface area contributed by atoms with E-state index in [1.54, 1.807) is 0 Å². The summed E-state index contributed by atoms with van der Waals surface area (Å²) in [6.07, 6.45) is 67.8. The van der Waals surface area contributed by atoms with Crippen molar-refractivity contribution in [3.63, 3.8) is 0 Å². The number of hydrogen-bond acceptors (Lipinski definition) is 5. The number of rotatable bonds is 39. The molecular weight excluding hydrogens is 717 g/mol. The van der Waals surface area contributed by atoms with Crippen molar-refractivity contribution < 1.29 is 23.8 Å². The third-order valence-corrected chi connectivity index (χ3v) is 8.70. The van der Waals surface area contributed by atoms with Crippen LogP contribution < -0.4 is 0 Å². The van der Waals surface area contributed by atoms with Crippen LogP contribution >= 0.6 is 0 Å². The highest BCUT2D eigenvalue weighted by Crippen LogP contribution is 2.09. The molecule has 324 valence electrons. The normalized spacial score (nSPS) is 13.5. The van der Waals surface area contributed by atoms with Gasteiger partial charge in [0.15, 0.2) is 6.10 Å². The number of ether oxygens (including phenoxy) is 3. The molecule has 0 saturated carbocycles. The van der Waals surface area contributed by atoms with Gasteiger partial charge in [-0.2, -0.15) is 0 Å². The number of allylic oxidation sites excluding steroid dienone is 22. The molecule has 0 spiro atoms. The van der Waals surface area contributed by atoms with Crippen LogP contribution in [0.2, 0.25) is 0 Å². The maximum atomic E-state index is 12.5. The van der Waals surface area contributed by atoms with Crippen molar-refractivity contribution in [2.24, 2.45) is 0 Å². The summed E-state index contributed by atoms with van der Waals surface area (Å²) in [5.74, 6) is -0.547. The Morgan fingerprint density at radius 2 is 0.810 bits per heavy atom. The molecule has 0 aromatic rings. The van der Waals surface area contributed by atoms with Crippen molar-refractivity contribution in [2.45, 2.75) is 168 Å². The third-order valence-electron chi connectivity index (χ3n) is 8.70. The zero-order valence-electron chi connectivity index (χ0n) is 37.0. The Morgan fingerprint density at radius 1 is 0.397 bits per heavy atom. The minimum Gasteiger partial charge on any atom is -0.462 e. The molecule has 1 atom stereocenters. The minimum absolute atomic E-state index is 0.0180. The highest BCUT2D eigenvalue weighted by molar-refractivity contribution is 5.70. The Hall–Kier alpha value is -3.96. The molecule has 5 nitrogen and oxygen atoms in total. The van der Waals surface area contributed by atoms with Gasteiger partial charge >= 0.3 is 11.9 Å². The highest BCUT2D eigenvalue weighted by atomic mass is 16.6. The molecule has 0 aliphatic carbocycles. The lowest BCUT2D eigenvalue weighted by Gasteiger charge is -2.18. The maximum absolute atomic E-state index is 12.5. The number of unbranched alkanes of at least 4 members (excludes halogenated alkanes) is 6. The molecule has 0 aromatic carbocycles. The van der Waals surface area contributed by atoms with E-state index in [1.807, 2.05) is 6.08 Å². The summed E-state index contributed by atoms with van der Waals surface area (Å²) in [6.45, 7) is 7.30. The van der Waals surface area contributed by atoms with E-state index in [-0.39, 0.29) is 31.6 Å². The highest BCUT2D eigenvalue weighted by Gasteiger charge is 2.17. The van der Waals surface area contributed by atoms with E-state index in [0.717, 1.165) is 116 Å². The molecule has 0 fully saturated rings. The fraction of sp³-hybridized carbons (Fsp3) is 0.547. The predicted octanol–water partition coefficient (Wildman–Crippen LogP) is 15.2. The molecule has 0 radical (unpaired) electrons. The van der Waals surface area contributed by atoms with Crippen molar-refractivity contribution in [2.75, 3.05) is 19.8 Å². The van der Waals surface area contributed by atoms with E-state index in [0.29, 0.717) is 19.4 Å². The van der Waals surface area contributed by atoms with Gasteiger partial charge in [-0.25, -0.2) is 0 Å². The summed E-state index contributed by atoms with van der Waals surface area (Å²) < 4.78 is 17.1. The van der Waals surface area contributed by atoms with E-state index in [9.17, 15) is 9.59 Å². The first-order valence-electron chi connectivity index (χ1n) is 22.7. The van der Waals surface area contributed by atoms with Crippen molar-refractivity contribution >= 4 is 11.9 Å². The van der Waals surface area contributed by atoms with Gasteiger partial charge in [0.2, 0.25) is 0 Å². The maximum Gasteiger partial charge on any atom is 0.306 e. The van der Waals surface area contributed by atoms with Crippen molar-refractivity contribution in [3.05, 3.63) is 134 Å². The lowest BCUT2D eigenvalue weighted by Crippen LogP contribution is -2.30. The first-order chi connectivity index (χ1) is 28.6. The molecule has 0 N–H and O–H groups in total. The Kier molecular flexibility index (Phi) is 44.2. The zero-order valence-corrected chi connectivity index (χ0v) is 37.0. The lowest BCUT2D eigenvalue weighted by atomic mass is 10.1. The summed E-state index contributed by atoms with van der Waals surface area (Å²) in [5.41, 5.74) is 0. The van der Waals surface area contributed by atoms with E-state index < -0.39 is 6.10 Å². The molecule has 0 bridgehead atoms. The van der Waals surface area contributed by atoms with E-state index >= 15 is 0 Å². The first kappa shape index (κ1) is 54.0. The van der Waals surface area contributed by atoms with Gasteiger partial charge in [0, 0.05) is 19.4 Å². The van der Waals surface area contributed by atoms with Gasteiger partial charge < -0.3 is 14.2 Å². The summed E-state index contributed by atoms with van der Waals surface area (Å²) in [6, 6.07) is 0. The molecule has 0 heterocycles. The number of hydrogen-bond donors (Lipinski definition) is 0. The van der Waals surface area contributed by atoms with Crippen LogP contribution in [0.15, 0.2) is 134 Å². The van der Waals surface area contributed by atoms with E-state index in [2.05, 4.69) is 148 Å². The van der Waals surface area contributed by atoms with Crippen molar-refractivity contribution in [1.29, 1.82) is 0 Å². The van der Waals surface area contributed by atoms with Crippen LogP contribution in [-0.2, 0) is 23.8 Å². The van der Waals surface area contributed by atoms with E-state index in [4.69, 9.17) is 14.2 Å². The van der Waals surface area contributed by atoms with Crippen molar-refractivity contribution in [3.8, 4) is 0 Å². The van der Waals surface area contributed by atoms with Crippen LogP contribution in [0.5, 0.6) is 0 Å². The summed E-state index contributed by atoms with van der Waals surface area (Å²) >= 11 is 0. The Bertz CT molecular complexity index is 1270. The number of carbonyl (C=O) groups is 2. The topological polar surface area (TPSA) is 61.8 Å². The predicted molar refractivity (Wildman–Crippen MR) is 251 cm³/mol. The smallest absolute Gasteiger partial charge is 0.306 e. The second-order valence-corrected chi connectivity index (χ2v) is 14.2. The van der Waals surface area contributed by atoms with Gasteiger partial charge in [0.25, 0.3) is 0 Å². The molecule has 0 saturated heterocycles. The SMILES string of the molecule is CC/C=C\C/C=C\C/C=C\C/C=C\C/C=C\C/C=C\CCC(=O)OCC(COCCCC/C=C\C/C=C\C/C=C\C/C=C\C/C=C\CC)OC(=O)CCCCCCC. The first-order valence-corrected chi connectivity index (χ1v) is 22.7. The fourth-order valence-corrected chi connectivity index (χ4v) is 5.38. The van der Waals surface area contributed by atoms with Gasteiger partial charge in [-0.05, 0) is 103 Å². The molecule has 0 aliphatic rings. The van der Waals surface area contributed by atoms with E-state index in [1.165, 1.54) is 6.42 Å². The van der Waals surface area contributed by atoms with Gasteiger partial charge in [-0.15, -0.1) is 0 Å². The van der Waals surface area contributed by atoms with Gasteiger partial charge in [-0.1, -0.05) is 180 Å². The minimum atomic E-state index is -0.594. The zero-order chi connectivity index (χ0) is 42.1. The van der Waals surface area contributed by atoms with Crippen LogP contribution in [0.25, 0.3) is 0 Å². The molecule has 5 heteroatoms. The van der Waals surface area contributed by atoms with Crippen LogP contribution in [-0.4, -0.2) is 37.9 Å². The molecule has 0 aliphatic heterocycles. The Morgan fingerprint density at radius 3 is 1.26 bits per heavy atom. The molecule has 0 amide bonds. The van der Waals surface area contributed by atoms with Gasteiger partial charge in [0.1, 0.15) is 6.61 Å². The summed E-state index contributed by atoms with van der Waals surface area (Å²) in [4.78, 5) is 25.0. The second-order valence-electron chi connectivity index (χ2n) is 14.2. The largest absolute Gasteiger partial charge is 0.462 e. The molecule has 1 unspecified atom stereocenters. The van der Waals surface area contributed by atoms with Crippen LogP contribution in [0.4, 0.5) is 0 Å². The fourth-order valence-electron chi connectivity index (χ4n) is 5.38.